The number of aliphatic hydroxyl groups is 1. The third-order valence-corrected chi connectivity index (χ3v) is 10.6. The summed E-state index contributed by atoms with van der Waals surface area (Å²) in [7, 11) is -2.43. The van der Waals surface area contributed by atoms with Crippen LogP contribution in [-0.2, 0) is 30.7 Å². The normalized spacial score (nSPS) is 28.0. The summed E-state index contributed by atoms with van der Waals surface area (Å²) in [4.78, 5) is 13.5. The molecular formula is C32H44N2O8S. The Hall–Kier alpha value is -2.70. The second-order valence-corrected chi connectivity index (χ2v) is 14.4. The second-order valence-electron chi connectivity index (χ2n) is 12.5. The van der Waals surface area contributed by atoms with Crippen LogP contribution in [0.4, 0.5) is 4.79 Å². The number of methoxy groups -OCH3 is 1. The van der Waals surface area contributed by atoms with Crippen molar-refractivity contribution in [2.45, 2.75) is 75.6 Å². The summed E-state index contributed by atoms with van der Waals surface area (Å²) in [6, 6.07) is 14.9. The molecule has 1 amide bonds. The van der Waals surface area contributed by atoms with Crippen molar-refractivity contribution < 1.29 is 37.3 Å². The predicted octanol–water partition coefficient (Wildman–Crippen LogP) is 3.83. The van der Waals surface area contributed by atoms with Gasteiger partial charge in [-0.25, -0.2) is 13.2 Å². The van der Waals surface area contributed by atoms with Crippen LogP contribution >= 0.6 is 0 Å². The lowest BCUT2D eigenvalue weighted by atomic mass is 9.84. The molecule has 8 atom stereocenters. The first-order chi connectivity index (χ1) is 20.5. The minimum Gasteiger partial charge on any atom is -0.497 e. The number of benzene rings is 2. The van der Waals surface area contributed by atoms with Gasteiger partial charge in [0.1, 0.15) is 11.9 Å². The smallest absolute Gasteiger partial charge is 0.407 e. The number of carbonyl (C=O) groups excluding carboxylic acids is 1. The van der Waals surface area contributed by atoms with Crippen molar-refractivity contribution in [1.82, 2.24) is 9.62 Å². The molecule has 10 nitrogen and oxygen atoms in total. The predicted molar refractivity (Wildman–Crippen MR) is 160 cm³/mol. The summed E-state index contributed by atoms with van der Waals surface area (Å²) < 4.78 is 51.7. The first-order valence-corrected chi connectivity index (χ1v) is 16.6. The quantitative estimate of drug-likeness (QED) is 0.369. The molecule has 2 aliphatic heterocycles. The molecule has 43 heavy (non-hydrogen) atoms. The van der Waals surface area contributed by atoms with Crippen LogP contribution in [0.1, 0.15) is 39.2 Å². The lowest BCUT2D eigenvalue weighted by Gasteiger charge is -2.36. The van der Waals surface area contributed by atoms with E-state index >= 15 is 0 Å². The summed E-state index contributed by atoms with van der Waals surface area (Å²) in [5, 5.41) is 14.4. The molecule has 3 fully saturated rings. The van der Waals surface area contributed by atoms with E-state index in [2.05, 4.69) is 5.32 Å². The molecule has 11 heteroatoms. The molecule has 1 saturated carbocycles. The number of rotatable bonds is 12. The van der Waals surface area contributed by atoms with Crippen LogP contribution in [0.15, 0.2) is 59.5 Å². The van der Waals surface area contributed by atoms with E-state index in [0.29, 0.717) is 31.1 Å². The van der Waals surface area contributed by atoms with Gasteiger partial charge in [-0.3, -0.25) is 0 Å². The van der Waals surface area contributed by atoms with Crippen LogP contribution in [0.2, 0.25) is 0 Å². The van der Waals surface area contributed by atoms with Crippen LogP contribution in [0, 0.1) is 23.7 Å². The number of nitrogens with zero attached hydrogens (tertiary/aromatic N) is 1. The lowest BCUT2D eigenvalue weighted by molar-refractivity contribution is -0.201. The molecule has 2 heterocycles. The topological polar surface area (TPSA) is 124 Å². The van der Waals surface area contributed by atoms with Crippen molar-refractivity contribution in [3.8, 4) is 5.75 Å². The SMILES string of the molecule is COc1ccc(S(=O)(=O)N(CC(C)C)C[C@@H](O)[C@H](Cc2ccccc2)NC(=O)O[C@H]2C[C@H]3CO[C@H]4O[C@H](C)C[C@@H]2[C@@H]34)cc1. The molecule has 3 aliphatic rings. The van der Waals surface area contributed by atoms with Gasteiger partial charge in [0.25, 0.3) is 0 Å². The number of amides is 1. The number of ether oxygens (including phenoxy) is 4. The molecule has 2 aromatic carbocycles. The highest BCUT2D eigenvalue weighted by Crippen LogP contribution is 2.51. The molecule has 1 aliphatic carbocycles. The highest BCUT2D eigenvalue weighted by molar-refractivity contribution is 7.89. The van der Waals surface area contributed by atoms with Crippen LogP contribution in [0.3, 0.4) is 0 Å². The Morgan fingerprint density at radius 2 is 1.81 bits per heavy atom. The zero-order chi connectivity index (χ0) is 30.7. The molecule has 0 bridgehead atoms. The highest BCUT2D eigenvalue weighted by atomic mass is 32.2. The van der Waals surface area contributed by atoms with Gasteiger partial charge in [-0.15, -0.1) is 0 Å². The molecule has 0 unspecified atom stereocenters. The molecule has 236 valence electrons. The fraction of sp³-hybridized carbons (Fsp3) is 0.594. The Morgan fingerprint density at radius 1 is 1.09 bits per heavy atom. The van der Waals surface area contributed by atoms with Gasteiger partial charge >= 0.3 is 6.09 Å². The Balaban J connectivity index is 1.32. The molecule has 0 radical (unpaired) electrons. The van der Waals surface area contributed by atoms with Gasteiger partial charge in [0, 0.05) is 24.9 Å². The average molecular weight is 617 g/mol. The van der Waals surface area contributed by atoms with Crippen molar-refractivity contribution in [2.75, 3.05) is 26.8 Å². The van der Waals surface area contributed by atoms with Crippen molar-refractivity contribution in [1.29, 1.82) is 0 Å². The monoisotopic (exact) mass is 616 g/mol. The number of sulfonamides is 1. The van der Waals surface area contributed by atoms with Crippen molar-refractivity contribution >= 4 is 16.1 Å². The maximum atomic E-state index is 13.7. The Morgan fingerprint density at radius 3 is 2.49 bits per heavy atom. The van der Waals surface area contributed by atoms with Gasteiger partial charge < -0.3 is 29.4 Å². The molecule has 0 spiro atoms. The fourth-order valence-electron chi connectivity index (χ4n) is 6.79. The van der Waals surface area contributed by atoms with Gasteiger partial charge in [0.05, 0.1) is 36.9 Å². The minimum absolute atomic E-state index is 0.00205. The Labute approximate surface area is 254 Å². The number of aliphatic hydroxyl groups excluding tert-OH is 1. The number of hydrogen-bond acceptors (Lipinski definition) is 8. The first kappa shape index (κ1) is 31.7. The van der Waals surface area contributed by atoms with Crippen LogP contribution in [0.25, 0.3) is 0 Å². The molecule has 2 N–H and O–H groups in total. The summed E-state index contributed by atoms with van der Waals surface area (Å²) >= 11 is 0. The fourth-order valence-corrected chi connectivity index (χ4v) is 8.41. The largest absolute Gasteiger partial charge is 0.497 e. The first-order valence-electron chi connectivity index (χ1n) is 15.2. The number of carbonyl (C=O) groups is 1. The van der Waals surface area contributed by atoms with Crippen molar-refractivity contribution in [2.24, 2.45) is 23.7 Å². The van der Waals surface area contributed by atoms with Gasteiger partial charge in [-0.1, -0.05) is 44.2 Å². The summed E-state index contributed by atoms with van der Waals surface area (Å²) in [6.45, 7) is 6.45. The Bertz CT molecular complexity index is 1320. The molecule has 2 aromatic rings. The van der Waals surface area contributed by atoms with E-state index in [9.17, 15) is 18.3 Å². The van der Waals surface area contributed by atoms with Gasteiger partial charge in [-0.05, 0) is 67.9 Å². The third kappa shape index (κ3) is 7.34. The van der Waals surface area contributed by atoms with Gasteiger partial charge in [-0.2, -0.15) is 4.31 Å². The van der Waals surface area contributed by atoms with E-state index in [0.717, 1.165) is 12.0 Å². The standard InChI is InChI=1S/C32H44N2O8S/c1-20(2)17-34(43(37,38)25-12-10-24(39-4)11-13-25)18-28(35)27(15-22-8-6-5-7-9-22)33-32(36)42-29-16-23-19-40-31-30(23)26(29)14-21(3)41-31/h5-13,20-21,23,26-31,35H,14-19H2,1-4H3,(H,33,36)/t21-,23+,26+,27+,28-,29+,30-,31+/m1/s1. The number of nitrogens with one attached hydrogen (secondary N) is 1. The summed E-state index contributed by atoms with van der Waals surface area (Å²) in [5.74, 6) is 1.21. The van der Waals surface area contributed by atoms with Crippen molar-refractivity contribution in [3.63, 3.8) is 0 Å². The zero-order valence-corrected chi connectivity index (χ0v) is 26.1. The second kappa shape index (κ2) is 13.5. The summed E-state index contributed by atoms with van der Waals surface area (Å²) in [6.07, 6.45) is -0.512. The van der Waals surface area contributed by atoms with E-state index in [-0.39, 0.29) is 54.2 Å². The average Bonchev–Trinajstić information content (AvgIpc) is 3.54. The third-order valence-electron chi connectivity index (χ3n) is 8.79. The van der Waals surface area contributed by atoms with Crippen molar-refractivity contribution in [3.05, 3.63) is 60.2 Å². The van der Waals surface area contributed by atoms with Crippen LogP contribution < -0.4 is 10.1 Å². The van der Waals surface area contributed by atoms with E-state index in [1.54, 1.807) is 12.1 Å². The Kier molecular flexibility index (Phi) is 9.97. The van der Waals surface area contributed by atoms with E-state index in [1.165, 1.54) is 23.5 Å². The maximum absolute atomic E-state index is 13.7. The lowest BCUT2D eigenvalue weighted by Crippen LogP contribution is -2.52. The number of hydrogen-bond donors (Lipinski definition) is 2. The zero-order valence-electron chi connectivity index (χ0n) is 25.3. The van der Waals surface area contributed by atoms with E-state index in [4.69, 9.17) is 18.9 Å². The van der Waals surface area contributed by atoms with Gasteiger partial charge in [0.2, 0.25) is 10.0 Å². The van der Waals surface area contributed by atoms with Gasteiger partial charge in [0.15, 0.2) is 6.29 Å². The summed E-state index contributed by atoms with van der Waals surface area (Å²) in [5.41, 5.74) is 0.897. The highest BCUT2D eigenvalue weighted by Gasteiger charge is 2.56. The number of alkyl carbamates (subject to hydrolysis) is 1. The maximum Gasteiger partial charge on any atom is 0.407 e. The molecular weight excluding hydrogens is 572 g/mol. The molecule has 0 aromatic heterocycles. The molecule has 5 rings (SSSR count). The van der Waals surface area contributed by atoms with E-state index < -0.39 is 28.3 Å². The van der Waals surface area contributed by atoms with Crippen LogP contribution in [0.5, 0.6) is 5.75 Å². The minimum atomic E-state index is -3.94. The van der Waals surface area contributed by atoms with Crippen LogP contribution in [-0.4, -0.2) is 81.4 Å². The van der Waals surface area contributed by atoms with E-state index in [1.807, 2.05) is 51.1 Å². The molecule has 2 saturated heterocycles.